The molecule has 1 heterocycles. The molecular weight excluding hydrogens is 347 g/mol. The fourth-order valence-corrected chi connectivity index (χ4v) is 2.45. The van der Waals surface area contributed by atoms with Crippen LogP contribution in [0.5, 0.6) is 5.75 Å². The Hall–Kier alpha value is -3.48. The Morgan fingerprint density at radius 2 is 1.74 bits per heavy atom. The largest absolute Gasteiger partial charge is 0.496 e. The molecule has 0 atom stereocenters. The summed E-state index contributed by atoms with van der Waals surface area (Å²) in [6.07, 6.45) is 2.91. The number of hydrogen-bond acceptors (Lipinski definition) is 5. The van der Waals surface area contributed by atoms with Gasteiger partial charge in [0.1, 0.15) is 11.6 Å². The lowest BCUT2D eigenvalue weighted by molar-refractivity contribution is 0.0950. The maximum atomic E-state index is 12.9. The Morgan fingerprint density at radius 3 is 2.44 bits per heavy atom. The van der Waals surface area contributed by atoms with E-state index in [1.807, 2.05) is 24.3 Å². The van der Waals surface area contributed by atoms with Crippen LogP contribution in [0.4, 0.5) is 10.3 Å². The van der Waals surface area contributed by atoms with Crippen LogP contribution in [-0.2, 0) is 13.1 Å². The highest BCUT2D eigenvalue weighted by Gasteiger charge is 2.08. The number of halogens is 1. The van der Waals surface area contributed by atoms with Crippen LogP contribution in [0.1, 0.15) is 21.5 Å². The molecule has 0 aliphatic carbocycles. The molecule has 2 N–H and O–H groups in total. The van der Waals surface area contributed by atoms with E-state index in [9.17, 15) is 9.18 Å². The van der Waals surface area contributed by atoms with Gasteiger partial charge in [0.05, 0.1) is 12.7 Å². The van der Waals surface area contributed by atoms with E-state index < -0.39 is 0 Å². The summed E-state index contributed by atoms with van der Waals surface area (Å²) < 4.78 is 18.2. The second-order valence-corrected chi connectivity index (χ2v) is 5.77. The molecule has 0 spiro atoms. The lowest BCUT2D eigenvalue weighted by Crippen LogP contribution is -2.23. The zero-order chi connectivity index (χ0) is 19.1. The Bertz CT molecular complexity index is 899. The van der Waals surface area contributed by atoms with Crippen LogP contribution < -0.4 is 15.4 Å². The molecule has 6 nitrogen and oxygen atoms in total. The molecule has 0 unspecified atom stereocenters. The van der Waals surface area contributed by atoms with Gasteiger partial charge in [0.15, 0.2) is 0 Å². The molecule has 2 aromatic carbocycles. The number of hydrogen-bond donors (Lipinski definition) is 2. The lowest BCUT2D eigenvalue weighted by Gasteiger charge is -2.09. The van der Waals surface area contributed by atoms with Crippen molar-refractivity contribution in [3.05, 3.63) is 83.4 Å². The minimum Gasteiger partial charge on any atom is -0.496 e. The molecule has 3 rings (SSSR count). The van der Waals surface area contributed by atoms with E-state index in [-0.39, 0.29) is 11.7 Å². The van der Waals surface area contributed by atoms with Crippen LogP contribution in [0.25, 0.3) is 0 Å². The molecule has 27 heavy (non-hydrogen) atoms. The number of carbonyl (C=O) groups is 1. The number of para-hydroxylation sites is 1. The van der Waals surface area contributed by atoms with Gasteiger partial charge in [0.25, 0.3) is 5.91 Å². The van der Waals surface area contributed by atoms with Gasteiger partial charge in [-0.1, -0.05) is 30.3 Å². The number of nitrogens with one attached hydrogen (secondary N) is 2. The number of benzene rings is 2. The van der Waals surface area contributed by atoms with Crippen molar-refractivity contribution in [2.75, 3.05) is 12.4 Å². The normalized spacial score (nSPS) is 10.3. The second-order valence-electron chi connectivity index (χ2n) is 5.77. The number of carbonyl (C=O) groups excluding carboxylic acids is 1. The first-order chi connectivity index (χ1) is 13.2. The molecule has 0 aliphatic rings. The van der Waals surface area contributed by atoms with Crippen LogP contribution >= 0.6 is 0 Å². The molecule has 0 saturated carbocycles. The monoisotopic (exact) mass is 366 g/mol. The zero-order valence-electron chi connectivity index (χ0n) is 14.8. The van der Waals surface area contributed by atoms with E-state index in [1.165, 1.54) is 24.5 Å². The molecule has 0 bridgehead atoms. The minimum absolute atomic E-state index is 0.296. The third-order valence-corrected chi connectivity index (χ3v) is 3.91. The Balaban J connectivity index is 1.54. The number of methoxy groups -OCH3 is 1. The summed E-state index contributed by atoms with van der Waals surface area (Å²) in [7, 11) is 1.62. The van der Waals surface area contributed by atoms with Gasteiger partial charge in [-0.15, -0.1) is 0 Å². The van der Waals surface area contributed by atoms with Gasteiger partial charge in [-0.05, 0) is 23.8 Å². The molecule has 138 valence electrons. The molecule has 0 saturated heterocycles. The summed E-state index contributed by atoms with van der Waals surface area (Å²) in [6, 6.07) is 13.6. The number of rotatable bonds is 7. The predicted octanol–water partition coefficient (Wildman–Crippen LogP) is 3.17. The molecule has 1 aromatic heterocycles. The van der Waals surface area contributed by atoms with Crippen LogP contribution in [0.15, 0.2) is 60.9 Å². The summed E-state index contributed by atoms with van der Waals surface area (Å²) in [6.45, 7) is 0.799. The van der Waals surface area contributed by atoms with Gasteiger partial charge in [-0.3, -0.25) is 4.79 Å². The van der Waals surface area contributed by atoms with Crippen LogP contribution in [0.2, 0.25) is 0 Å². The van der Waals surface area contributed by atoms with Crippen molar-refractivity contribution in [3.8, 4) is 5.75 Å². The first kappa shape index (κ1) is 18.3. The summed E-state index contributed by atoms with van der Waals surface area (Å²) >= 11 is 0. The van der Waals surface area contributed by atoms with E-state index in [0.717, 1.165) is 16.9 Å². The molecule has 0 aliphatic heterocycles. The zero-order valence-corrected chi connectivity index (χ0v) is 14.8. The molecule has 7 heteroatoms. The van der Waals surface area contributed by atoms with E-state index in [2.05, 4.69) is 20.6 Å². The van der Waals surface area contributed by atoms with E-state index in [4.69, 9.17) is 4.74 Å². The summed E-state index contributed by atoms with van der Waals surface area (Å²) in [4.78, 5) is 20.5. The smallest absolute Gasteiger partial charge is 0.254 e. The van der Waals surface area contributed by atoms with E-state index >= 15 is 0 Å². The van der Waals surface area contributed by atoms with Gasteiger partial charge in [-0.25, -0.2) is 14.4 Å². The number of ether oxygens (including phenoxy) is 1. The van der Waals surface area contributed by atoms with Crippen molar-refractivity contribution in [2.45, 2.75) is 13.1 Å². The van der Waals surface area contributed by atoms with Crippen LogP contribution in [0, 0.1) is 5.82 Å². The van der Waals surface area contributed by atoms with Gasteiger partial charge in [0, 0.05) is 31.0 Å². The summed E-state index contributed by atoms with van der Waals surface area (Å²) in [5.41, 5.74) is 2.13. The Labute approximate surface area is 156 Å². The van der Waals surface area contributed by atoms with Gasteiger partial charge in [-0.2, -0.15) is 0 Å². The summed E-state index contributed by atoms with van der Waals surface area (Å²) in [5, 5.41) is 5.84. The van der Waals surface area contributed by atoms with E-state index in [0.29, 0.717) is 24.6 Å². The van der Waals surface area contributed by atoms with Crippen molar-refractivity contribution < 1.29 is 13.9 Å². The number of nitrogens with zero attached hydrogens (tertiary/aromatic N) is 2. The number of anilines is 1. The third-order valence-electron chi connectivity index (χ3n) is 3.91. The predicted molar refractivity (Wildman–Crippen MR) is 99.9 cm³/mol. The van der Waals surface area contributed by atoms with Crippen molar-refractivity contribution in [1.82, 2.24) is 15.3 Å². The van der Waals surface area contributed by atoms with Gasteiger partial charge < -0.3 is 15.4 Å². The van der Waals surface area contributed by atoms with Crippen molar-refractivity contribution in [3.63, 3.8) is 0 Å². The Morgan fingerprint density at radius 1 is 1.04 bits per heavy atom. The second kappa shape index (κ2) is 8.75. The number of amides is 1. The first-order valence-corrected chi connectivity index (χ1v) is 8.36. The molecule has 0 fully saturated rings. The van der Waals surface area contributed by atoms with Crippen molar-refractivity contribution in [2.24, 2.45) is 0 Å². The Kier molecular flexibility index (Phi) is 5.94. The number of aromatic nitrogens is 2. The van der Waals surface area contributed by atoms with Crippen molar-refractivity contribution in [1.29, 1.82) is 0 Å². The fourth-order valence-electron chi connectivity index (χ4n) is 2.45. The average Bonchev–Trinajstić information content (AvgIpc) is 2.72. The van der Waals surface area contributed by atoms with Gasteiger partial charge >= 0.3 is 0 Å². The maximum Gasteiger partial charge on any atom is 0.254 e. The standard InChI is InChI=1S/C20H19FN4O2/c1-27-18-5-3-2-4-15(18)11-23-20-24-12-16(13-25-20)19(26)22-10-14-6-8-17(21)9-7-14/h2-9,12-13H,10-11H2,1H3,(H,22,26)(H,23,24,25). The van der Waals surface area contributed by atoms with Crippen molar-refractivity contribution >= 4 is 11.9 Å². The van der Waals surface area contributed by atoms with E-state index in [1.54, 1.807) is 19.2 Å². The maximum absolute atomic E-state index is 12.9. The van der Waals surface area contributed by atoms with Gasteiger partial charge in [0.2, 0.25) is 5.95 Å². The third kappa shape index (κ3) is 5.01. The quantitative estimate of drug-likeness (QED) is 0.672. The summed E-state index contributed by atoms with van der Waals surface area (Å²) in [5.74, 6) is 0.586. The topological polar surface area (TPSA) is 76.1 Å². The first-order valence-electron chi connectivity index (χ1n) is 8.36. The average molecular weight is 366 g/mol. The lowest BCUT2D eigenvalue weighted by atomic mass is 10.2. The minimum atomic E-state index is -0.310. The fraction of sp³-hybridized carbons (Fsp3) is 0.150. The SMILES string of the molecule is COc1ccccc1CNc1ncc(C(=O)NCc2ccc(F)cc2)cn1. The highest BCUT2D eigenvalue weighted by atomic mass is 19.1. The van der Waals surface area contributed by atoms with Crippen LogP contribution in [0.3, 0.4) is 0 Å². The highest BCUT2D eigenvalue weighted by Crippen LogP contribution is 2.18. The highest BCUT2D eigenvalue weighted by molar-refractivity contribution is 5.93. The molecule has 1 amide bonds. The molecular formula is C20H19FN4O2. The van der Waals surface area contributed by atoms with Crippen LogP contribution in [-0.4, -0.2) is 23.0 Å². The molecule has 0 radical (unpaired) electrons. The molecule has 3 aromatic rings.